The second-order valence-electron chi connectivity index (χ2n) is 8.19. The second-order valence-corrected chi connectivity index (χ2v) is 8.19. The lowest BCUT2D eigenvalue weighted by atomic mass is 10.0. The minimum atomic E-state index is -4.97. The summed E-state index contributed by atoms with van der Waals surface area (Å²) in [5.41, 5.74) is 0.850. The van der Waals surface area contributed by atoms with Crippen molar-refractivity contribution in [2.45, 2.75) is 31.6 Å². The van der Waals surface area contributed by atoms with Crippen LogP contribution in [-0.2, 0) is 16.0 Å². The van der Waals surface area contributed by atoms with Crippen LogP contribution in [0.2, 0.25) is 0 Å². The topological polar surface area (TPSA) is 51.2 Å². The molecule has 4 aromatic rings. The number of hydrogen-bond acceptors (Lipinski definition) is 3. The Bertz CT molecular complexity index is 1440. The highest BCUT2D eigenvalue weighted by Crippen LogP contribution is 2.22. The fourth-order valence-corrected chi connectivity index (χ4v) is 3.50. The monoisotopic (exact) mass is 518 g/mol. The molecule has 0 aliphatic heterocycles. The van der Waals surface area contributed by atoms with Crippen molar-refractivity contribution in [2.24, 2.45) is 0 Å². The summed E-state index contributed by atoms with van der Waals surface area (Å²) in [4.78, 5) is 33.2. The van der Waals surface area contributed by atoms with Gasteiger partial charge in [0, 0.05) is 12.0 Å². The standard InChI is InChI=1S/C14H9F3O2.C14H11F3O/c15-14(16,17)13(19)8-12(18)11-6-5-9-3-1-2-4-10(9)7-11;15-14(16,17)13(18)8-6-10-5-7-11-3-1-2-4-12(11)9-10/h1-7H,8H2;1-5,7,9H,6,8H2. The maximum atomic E-state index is 12.1. The van der Waals surface area contributed by atoms with Crippen molar-refractivity contribution in [3.8, 4) is 0 Å². The largest absolute Gasteiger partial charge is 0.450 e. The number of Topliss-reactive ketones (excluding diaryl/α,β-unsaturated/α-hetero) is 3. The van der Waals surface area contributed by atoms with Crippen molar-refractivity contribution in [3.05, 3.63) is 96.1 Å². The lowest BCUT2D eigenvalue weighted by Gasteiger charge is -2.06. The molecule has 3 nitrogen and oxygen atoms in total. The summed E-state index contributed by atoms with van der Waals surface area (Å²) in [6.07, 6.45) is -11.2. The molecule has 0 spiro atoms. The lowest BCUT2D eigenvalue weighted by molar-refractivity contribution is -0.171. The Balaban J connectivity index is 0.000000206. The molecule has 0 aliphatic carbocycles. The van der Waals surface area contributed by atoms with E-state index in [2.05, 4.69) is 0 Å². The van der Waals surface area contributed by atoms with Gasteiger partial charge in [0.2, 0.25) is 11.6 Å². The van der Waals surface area contributed by atoms with Crippen LogP contribution in [0.15, 0.2) is 84.9 Å². The van der Waals surface area contributed by atoms with Gasteiger partial charge in [-0.3, -0.25) is 14.4 Å². The zero-order valence-electron chi connectivity index (χ0n) is 19.2. The first kappa shape index (κ1) is 27.6. The Kier molecular flexibility index (Phi) is 8.47. The van der Waals surface area contributed by atoms with Crippen molar-refractivity contribution >= 4 is 38.9 Å². The molecule has 0 radical (unpaired) electrons. The minimum absolute atomic E-state index is 0.108. The molecule has 0 bridgehead atoms. The zero-order chi connectivity index (χ0) is 27.2. The number of carbonyl (C=O) groups is 3. The predicted molar refractivity (Wildman–Crippen MR) is 127 cm³/mol. The second kappa shape index (κ2) is 11.4. The number of benzene rings is 4. The number of fused-ring (bicyclic) bond motifs is 2. The van der Waals surface area contributed by atoms with Crippen molar-refractivity contribution < 1.29 is 40.7 Å². The first-order valence-electron chi connectivity index (χ1n) is 11.0. The van der Waals surface area contributed by atoms with E-state index in [0.717, 1.165) is 27.1 Å². The van der Waals surface area contributed by atoms with Crippen LogP contribution in [-0.4, -0.2) is 29.7 Å². The summed E-state index contributed by atoms with van der Waals surface area (Å²) in [7, 11) is 0. The summed E-state index contributed by atoms with van der Waals surface area (Å²) in [5, 5.41) is 3.62. The predicted octanol–water partition coefficient (Wildman–Crippen LogP) is 7.45. The van der Waals surface area contributed by atoms with Crippen LogP contribution >= 0.6 is 0 Å². The average molecular weight is 518 g/mol. The summed E-state index contributed by atoms with van der Waals surface area (Å²) < 4.78 is 72.4. The third-order valence-corrected chi connectivity index (χ3v) is 5.48. The van der Waals surface area contributed by atoms with E-state index < -0.39 is 42.5 Å². The fourth-order valence-electron chi connectivity index (χ4n) is 3.50. The molecule has 0 unspecified atom stereocenters. The van der Waals surface area contributed by atoms with E-state index in [-0.39, 0.29) is 12.0 Å². The van der Waals surface area contributed by atoms with Crippen LogP contribution in [0, 0.1) is 0 Å². The van der Waals surface area contributed by atoms with Crippen LogP contribution in [0.4, 0.5) is 26.3 Å². The maximum Gasteiger partial charge on any atom is 0.450 e. The summed E-state index contributed by atoms with van der Waals surface area (Å²) >= 11 is 0. The van der Waals surface area contributed by atoms with Crippen LogP contribution in [0.5, 0.6) is 0 Å². The SMILES string of the molecule is O=C(CC(=O)C(F)(F)F)c1ccc2ccccc2c1.O=C(CCc1ccc2ccccc2c1)C(F)(F)F. The van der Waals surface area contributed by atoms with Gasteiger partial charge in [-0.2, -0.15) is 26.3 Å². The fraction of sp³-hybridized carbons (Fsp3) is 0.179. The number of aryl methyl sites for hydroxylation is 1. The smallest absolute Gasteiger partial charge is 0.294 e. The van der Waals surface area contributed by atoms with E-state index in [9.17, 15) is 40.7 Å². The molecule has 0 atom stereocenters. The molecule has 9 heteroatoms. The van der Waals surface area contributed by atoms with Gasteiger partial charge in [-0.15, -0.1) is 0 Å². The summed E-state index contributed by atoms with van der Waals surface area (Å²) in [6, 6.07) is 24.7. The van der Waals surface area contributed by atoms with Crippen molar-refractivity contribution in [1.82, 2.24) is 0 Å². The van der Waals surface area contributed by atoms with E-state index >= 15 is 0 Å². The summed E-state index contributed by atoms with van der Waals surface area (Å²) in [6.45, 7) is 0. The van der Waals surface area contributed by atoms with Crippen LogP contribution < -0.4 is 0 Å². The Morgan fingerprint density at radius 3 is 1.59 bits per heavy atom. The van der Waals surface area contributed by atoms with Gasteiger partial charge >= 0.3 is 12.4 Å². The van der Waals surface area contributed by atoms with Crippen molar-refractivity contribution in [3.63, 3.8) is 0 Å². The third-order valence-electron chi connectivity index (χ3n) is 5.48. The molecule has 0 heterocycles. The van der Waals surface area contributed by atoms with Gasteiger partial charge < -0.3 is 0 Å². The summed E-state index contributed by atoms with van der Waals surface area (Å²) in [5.74, 6) is -4.52. The minimum Gasteiger partial charge on any atom is -0.294 e. The van der Waals surface area contributed by atoms with Gasteiger partial charge in [0.1, 0.15) is 0 Å². The molecule has 192 valence electrons. The number of alkyl halides is 6. The average Bonchev–Trinajstić information content (AvgIpc) is 2.86. The lowest BCUT2D eigenvalue weighted by Crippen LogP contribution is -2.25. The van der Waals surface area contributed by atoms with E-state index in [0.29, 0.717) is 0 Å². The molecule has 0 saturated carbocycles. The number of ketones is 3. The van der Waals surface area contributed by atoms with Crippen LogP contribution in [0.1, 0.15) is 28.8 Å². The van der Waals surface area contributed by atoms with Crippen LogP contribution in [0.3, 0.4) is 0 Å². The van der Waals surface area contributed by atoms with E-state index in [1.165, 1.54) is 12.1 Å². The highest BCUT2D eigenvalue weighted by atomic mass is 19.4. The first-order chi connectivity index (χ1) is 17.3. The van der Waals surface area contributed by atoms with Gasteiger partial charge in [0.25, 0.3) is 0 Å². The highest BCUT2D eigenvalue weighted by molar-refractivity contribution is 6.10. The number of halogens is 6. The van der Waals surface area contributed by atoms with Gasteiger partial charge in [-0.05, 0) is 39.6 Å². The normalized spacial score (nSPS) is 11.6. The highest BCUT2D eigenvalue weighted by Gasteiger charge is 2.39. The van der Waals surface area contributed by atoms with Crippen LogP contribution in [0.25, 0.3) is 21.5 Å². The first-order valence-corrected chi connectivity index (χ1v) is 11.0. The molecule has 0 amide bonds. The van der Waals surface area contributed by atoms with Gasteiger partial charge in [-0.25, -0.2) is 0 Å². The Morgan fingerprint density at radius 1 is 0.568 bits per heavy atom. The third kappa shape index (κ3) is 7.73. The molecule has 4 aromatic carbocycles. The van der Waals surface area contributed by atoms with Gasteiger partial charge in [0.15, 0.2) is 5.78 Å². The number of hydrogen-bond donors (Lipinski definition) is 0. The number of rotatable bonds is 6. The van der Waals surface area contributed by atoms with Crippen molar-refractivity contribution in [1.29, 1.82) is 0 Å². The Hall–Kier alpha value is -4.01. The molecule has 0 aliphatic rings. The van der Waals surface area contributed by atoms with Crippen molar-refractivity contribution in [2.75, 3.05) is 0 Å². The van der Waals surface area contributed by atoms with E-state index in [1.54, 1.807) is 24.3 Å². The van der Waals surface area contributed by atoms with Gasteiger partial charge in [-0.1, -0.05) is 78.9 Å². The van der Waals surface area contributed by atoms with Gasteiger partial charge in [0.05, 0.1) is 6.42 Å². The molecule has 0 saturated heterocycles. The maximum absolute atomic E-state index is 12.1. The molecule has 4 rings (SSSR count). The Labute approximate surface area is 207 Å². The molecule has 0 N–H and O–H groups in total. The molecule has 0 fully saturated rings. The molecular weight excluding hydrogens is 498 g/mol. The molecular formula is C28H20F6O3. The zero-order valence-corrected chi connectivity index (χ0v) is 19.2. The molecule has 37 heavy (non-hydrogen) atoms. The Morgan fingerprint density at radius 2 is 1.05 bits per heavy atom. The number of carbonyl (C=O) groups excluding carboxylic acids is 3. The van der Waals surface area contributed by atoms with E-state index in [4.69, 9.17) is 0 Å². The quantitative estimate of drug-likeness (QED) is 0.151. The van der Waals surface area contributed by atoms with E-state index in [1.807, 2.05) is 48.5 Å². The molecule has 0 aromatic heterocycles.